The van der Waals surface area contributed by atoms with E-state index in [1.165, 1.54) is 17.4 Å². The number of nitrogen functional groups attached to an aromatic ring is 1. The van der Waals surface area contributed by atoms with E-state index in [9.17, 15) is 4.39 Å². The van der Waals surface area contributed by atoms with Gasteiger partial charge in [-0.15, -0.1) is 11.3 Å². The zero-order chi connectivity index (χ0) is 8.72. The predicted molar refractivity (Wildman–Crippen MR) is 47.9 cm³/mol. The molecule has 0 spiro atoms. The number of anilines is 1. The summed E-state index contributed by atoms with van der Waals surface area (Å²) in [6.07, 6.45) is 0. The number of nitrogens with two attached hydrogens (primary N) is 1. The van der Waals surface area contributed by atoms with E-state index in [2.05, 4.69) is 0 Å². The lowest BCUT2D eigenvalue weighted by atomic mass is 10.2. The van der Waals surface area contributed by atoms with Crippen LogP contribution < -0.4 is 5.73 Å². The minimum atomic E-state index is -0.536. The van der Waals surface area contributed by atoms with Gasteiger partial charge in [0.05, 0.1) is 0 Å². The van der Waals surface area contributed by atoms with Gasteiger partial charge in [0.15, 0.2) is 5.82 Å². The fourth-order valence-corrected chi connectivity index (χ4v) is 1.89. The van der Waals surface area contributed by atoms with E-state index >= 15 is 0 Å². The summed E-state index contributed by atoms with van der Waals surface area (Å²) in [5.74, 6) is -0.728. The molecule has 0 aliphatic carbocycles. The SMILES string of the molecule is Nc1c(O)cc2sccc2c1F. The molecular formula is C8H6FNOS. The first-order valence-corrected chi connectivity index (χ1v) is 4.22. The number of rotatable bonds is 0. The van der Waals surface area contributed by atoms with Gasteiger partial charge in [-0.05, 0) is 11.4 Å². The molecule has 4 heteroatoms. The lowest BCUT2D eigenvalue weighted by Crippen LogP contribution is -1.90. The van der Waals surface area contributed by atoms with Crippen molar-refractivity contribution in [2.24, 2.45) is 0 Å². The molecule has 0 radical (unpaired) electrons. The molecular weight excluding hydrogens is 177 g/mol. The molecule has 1 heterocycles. The van der Waals surface area contributed by atoms with Crippen molar-refractivity contribution < 1.29 is 9.50 Å². The van der Waals surface area contributed by atoms with Gasteiger partial charge in [-0.1, -0.05) is 0 Å². The summed E-state index contributed by atoms with van der Waals surface area (Å²) in [7, 11) is 0. The molecule has 0 aliphatic heterocycles. The smallest absolute Gasteiger partial charge is 0.158 e. The highest BCUT2D eigenvalue weighted by molar-refractivity contribution is 7.17. The Morgan fingerprint density at radius 2 is 2.25 bits per heavy atom. The van der Waals surface area contributed by atoms with Crippen molar-refractivity contribution in [1.82, 2.24) is 0 Å². The van der Waals surface area contributed by atoms with Crippen LogP contribution >= 0.6 is 11.3 Å². The maximum absolute atomic E-state index is 13.2. The summed E-state index contributed by atoms with van der Waals surface area (Å²) in [6.45, 7) is 0. The Labute approximate surface area is 72.1 Å². The zero-order valence-corrected chi connectivity index (χ0v) is 6.86. The number of aromatic hydroxyl groups is 1. The molecule has 1 aromatic heterocycles. The Kier molecular flexibility index (Phi) is 1.44. The second-order valence-electron chi connectivity index (χ2n) is 2.46. The Hall–Kier alpha value is -1.29. The average Bonchev–Trinajstić information content (AvgIpc) is 2.48. The van der Waals surface area contributed by atoms with Crippen molar-refractivity contribution in [2.45, 2.75) is 0 Å². The molecule has 0 aliphatic rings. The Morgan fingerprint density at radius 3 is 3.00 bits per heavy atom. The maximum Gasteiger partial charge on any atom is 0.158 e. The zero-order valence-electron chi connectivity index (χ0n) is 6.04. The summed E-state index contributed by atoms with van der Waals surface area (Å²) >= 11 is 1.37. The number of hydrogen-bond donors (Lipinski definition) is 2. The summed E-state index contributed by atoms with van der Waals surface area (Å²) in [5.41, 5.74) is 5.11. The van der Waals surface area contributed by atoms with Crippen LogP contribution in [0.2, 0.25) is 0 Å². The minimum Gasteiger partial charge on any atom is -0.506 e. The Balaban J connectivity index is 2.94. The van der Waals surface area contributed by atoms with Crippen molar-refractivity contribution in [2.75, 3.05) is 5.73 Å². The van der Waals surface area contributed by atoms with Gasteiger partial charge in [0.1, 0.15) is 11.4 Å². The fourth-order valence-electron chi connectivity index (χ4n) is 1.07. The maximum atomic E-state index is 13.2. The molecule has 1 aromatic carbocycles. The van der Waals surface area contributed by atoms with Gasteiger partial charge in [-0.2, -0.15) is 0 Å². The van der Waals surface area contributed by atoms with Gasteiger partial charge in [0, 0.05) is 16.2 Å². The normalized spacial score (nSPS) is 10.8. The second-order valence-corrected chi connectivity index (χ2v) is 3.40. The third-order valence-electron chi connectivity index (χ3n) is 1.71. The van der Waals surface area contributed by atoms with E-state index in [0.29, 0.717) is 10.1 Å². The molecule has 62 valence electrons. The van der Waals surface area contributed by atoms with Gasteiger partial charge < -0.3 is 10.8 Å². The van der Waals surface area contributed by atoms with Crippen molar-refractivity contribution in [1.29, 1.82) is 0 Å². The number of hydrogen-bond acceptors (Lipinski definition) is 3. The standard InChI is InChI=1S/C8H6FNOS/c9-7-4-1-2-12-6(4)3-5(11)8(7)10/h1-3,11H,10H2. The largest absolute Gasteiger partial charge is 0.506 e. The third-order valence-corrected chi connectivity index (χ3v) is 2.58. The molecule has 2 nitrogen and oxygen atoms in total. The summed E-state index contributed by atoms with van der Waals surface area (Å²) in [4.78, 5) is 0. The predicted octanol–water partition coefficient (Wildman–Crippen LogP) is 2.33. The quantitative estimate of drug-likeness (QED) is 0.486. The highest BCUT2D eigenvalue weighted by Gasteiger charge is 2.09. The van der Waals surface area contributed by atoms with Crippen LogP contribution in [0.3, 0.4) is 0 Å². The van der Waals surface area contributed by atoms with Crippen LogP contribution in [0.25, 0.3) is 10.1 Å². The van der Waals surface area contributed by atoms with Crippen LogP contribution in [0.4, 0.5) is 10.1 Å². The van der Waals surface area contributed by atoms with E-state index in [-0.39, 0.29) is 11.4 Å². The minimum absolute atomic E-state index is 0.180. The van der Waals surface area contributed by atoms with E-state index in [1.807, 2.05) is 0 Å². The molecule has 0 amide bonds. The van der Waals surface area contributed by atoms with Crippen LogP contribution in [0.1, 0.15) is 0 Å². The average molecular weight is 183 g/mol. The van der Waals surface area contributed by atoms with Crippen molar-refractivity contribution >= 4 is 27.1 Å². The molecule has 2 aromatic rings. The molecule has 0 unspecified atom stereocenters. The highest BCUT2D eigenvalue weighted by atomic mass is 32.1. The van der Waals surface area contributed by atoms with Crippen LogP contribution in [-0.2, 0) is 0 Å². The van der Waals surface area contributed by atoms with Crippen LogP contribution in [-0.4, -0.2) is 5.11 Å². The lowest BCUT2D eigenvalue weighted by Gasteiger charge is -2.00. The second kappa shape index (κ2) is 2.35. The van der Waals surface area contributed by atoms with Gasteiger partial charge in [0.2, 0.25) is 0 Å². The number of halogens is 1. The van der Waals surface area contributed by atoms with Gasteiger partial charge in [-0.3, -0.25) is 0 Å². The molecule has 0 fully saturated rings. The molecule has 3 N–H and O–H groups in total. The van der Waals surface area contributed by atoms with E-state index in [0.717, 1.165) is 0 Å². The monoisotopic (exact) mass is 183 g/mol. The van der Waals surface area contributed by atoms with E-state index in [4.69, 9.17) is 10.8 Å². The third kappa shape index (κ3) is 0.848. The van der Waals surface area contributed by atoms with E-state index < -0.39 is 5.82 Å². The van der Waals surface area contributed by atoms with E-state index in [1.54, 1.807) is 11.4 Å². The van der Waals surface area contributed by atoms with Crippen LogP contribution in [0.15, 0.2) is 17.5 Å². The number of phenols is 1. The summed E-state index contributed by atoms with van der Waals surface area (Å²) in [6, 6.07) is 3.11. The van der Waals surface area contributed by atoms with Gasteiger partial charge >= 0.3 is 0 Å². The van der Waals surface area contributed by atoms with Gasteiger partial charge in [-0.25, -0.2) is 4.39 Å². The molecule has 0 atom stereocenters. The van der Waals surface area contributed by atoms with Crippen molar-refractivity contribution in [3.63, 3.8) is 0 Å². The Morgan fingerprint density at radius 1 is 1.50 bits per heavy atom. The first kappa shape index (κ1) is 7.36. The number of fused-ring (bicyclic) bond motifs is 1. The van der Waals surface area contributed by atoms with Crippen molar-refractivity contribution in [3.8, 4) is 5.75 Å². The lowest BCUT2D eigenvalue weighted by molar-refractivity contribution is 0.474. The Bertz CT molecular complexity index is 438. The number of benzene rings is 1. The number of thiophene rings is 1. The molecule has 0 saturated heterocycles. The van der Waals surface area contributed by atoms with Crippen LogP contribution in [0, 0.1) is 5.82 Å². The first-order valence-electron chi connectivity index (χ1n) is 3.34. The molecule has 2 rings (SSSR count). The van der Waals surface area contributed by atoms with Crippen molar-refractivity contribution in [3.05, 3.63) is 23.3 Å². The number of phenolic OH excluding ortho intramolecular Hbond substituents is 1. The summed E-state index contributed by atoms with van der Waals surface area (Å²) < 4.78 is 13.9. The molecule has 0 bridgehead atoms. The fraction of sp³-hybridized carbons (Fsp3) is 0. The highest BCUT2D eigenvalue weighted by Crippen LogP contribution is 2.33. The summed E-state index contributed by atoms with van der Waals surface area (Å²) in [5, 5.41) is 11.4. The van der Waals surface area contributed by atoms with Crippen LogP contribution in [0.5, 0.6) is 5.75 Å². The van der Waals surface area contributed by atoms with Gasteiger partial charge in [0.25, 0.3) is 0 Å². The topological polar surface area (TPSA) is 46.2 Å². The molecule has 0 saturated carbocycles. The molecule has 12 heavy (non-hydrogen) atoms. The first-order chi connectivity index (χ1) is 5.70.